The van der Waals surface area contributed by atoms with Crippen LogP contribution in [-0.2, 0) is 14.3 Å². The fraction of sp³-hybridized carbons (Fsp3) is 0.391. The van der Waals surface area contributed by atoms with Gasteiger partial charge in [-0.2, -0.15) is 0 Å². The molecule has 0 heterocycles. The minimum atomic E-state index is -0.469. The zero-order valence-corrected chi connectivity index (χ0v) is 21.9. The summed E-state index contributed by atoms with van der Waals surface area (Å²) in [6.07, 6.45) is 0.448. The molecule has 0 aliphatic heterocycles. The second kappa shape index (κ2) is 12.1. The van der Waals surface area contributed by atoms with E-state index in [4.69, 9.17) is 9.47 Å². The summed E-state index contributed by atoms with van der Waals surface area (Å²) in [5, 5.41) is 6.31. The van der Waals surface area contributed by atoms with Crippen LogP contribution in [0.5, 0.6) is 17.2 Å². The van der Waals surface area contributed by atoms with Crippen LogP contribution >= 0.6 is 31.9 Å². The highest BCUT2D eigenvalue weighted by molar-refractivity contribution is 9.11. The highest BCUT2D eigenvalue weighted by Gasteiger charge is 2.15. The van der Waals surface area contributed by atoms with Crippen molar-refractivity contribution < 1.29 is 23.8 Å². The average Bonchev–Trinajstić information content (AvgIpc) is 2.69. The van der Waals surface area contributed by atoms with Crippen LogP contribution in [0.25, 0.3) is 0 Å². The molecule has 32 heavy (non-hydrogen) atoms. The smallest absolute Gasteiger partial charge is 0.343 e. The van der Waals surface area contributed by atoms with Gasteiger partial charge in [-0.1, -0.05) is 13.8 Å². The van der Waals surface area contributed by atoms with E-state index in [2.05, 4.69) is 47.2 Å². The van der Waals surface area contributed by atoms with E-state index in [1.54, 1.807) is 18.2 Å². The van der Waals surface area contributed by atoms with Crippen LogP contribution in [0.4, 0.5) is 11.4 Å². The normalized spacial score (nSPS) is 10.8. The Labute approximate surface area is 205 Å². The molecule has 0 unspecified atom stereocenters. The molecule has 0 fully saturated rings. The van der Waals surface area contributed by atoms with Crippen LogP contribution in [-0.4, -0.2) is 31.6 Å². The molecular formula is C23H28Br2N2O5. The zero-order valence-electron chi connectivity index (χ0n) is 18.8. The fourth-order valence-corrected chi connectivity index (χ4v) is 4.04. The van der Waals surface area contributed by atoms with Gasteiger partial charge in [-0.05, 0) is 75.9 Å². The second-order valence-corrected chi connectivity index (χ2v) is 9.54. The lowest BCUT2D eigenvalue weighted by Gasteiger charge is -2.18. The van der Waals surface area contributed by atoms with Crippen molar-refractivity contribution in [2.75, 3.05) is 24.4 Å². The molecule has 174 valence electrons. The standard InChI is InChI=1S/C23H28Br2N2O5/c1-13(2)8-21(28)27-19-7-6-15(11-20(19)26-14(3)4)32-23-17(24)9-16(10-18(23)25)31-12-22(29)30-5/h6-7,9-11,13-14,26H,8,12H2,1-5H3,(H,27,28). The maximum atomic E-state index is 12.2. The van der Waals surface area contributed by atoms with Gasteiger partial charge in [-0.25, -0.2) is 4.79 Å². The molecule has 7 nitrogen and oxygen atoms in total. The molecule has 1 amide bonds. The second-order valence-electron chi connectivity index (χ2n) is 7.84. The van der Waals surface area contributed by atoms with E-state index in [0.717, 1.165) is 5.69 Å². The topological polar surface area (TPSA) is 85.9 Å². The minimum absolute atomic E-state index is 0.0338. The highest BCUT2D eigenvalue weighted by atomic mass is 79.9. The van der Waals surface area contributed by atoms with Gasteiger partial charge in [0.15, 0.2) is 12.4 Å². The quantitative estimate of drug-likeness (QED) is 0.323. The van der Waals surface area contributed by atoms with Crippen LogP contribution in [0.2, 0.25) is 0 Å². The molecule has 0 atom stereocenters. The summed E-state index contributed by atoms with van der Waals surface area (Å²) in [5.41, 5.74) is 1.46. The van der Waals surface area contributed by atoms with E-state index in [0.29, 0.717) is 38.3 Å². The molecule has 0 aliphatic rings. The molecule has 2 aromatic carbocycles. The maximum Gasteiger partial charge on any atom is 0.343 e. The summed E-state index contributed by atoms with van der Waals surface area (Å²) in [5.74, 6) is 1.37. The first-order chi connectivity index (χ1) is 15.1. The Kier molecular flexibility index (Phi) is 9.84. The third-order valence-corrected chi connectivity index (χ3v) is 5.26. The first-order valence-electron chi connectivity index (χ1n) is 10.2. The van der Waals surface area contributed by atoms with Gasteiger partial charge in [-0.15, -0.1) is 0 Å². The van der Waals surface area contributed by atoms with Crippen LogP contribution in [0, 0.1) is 5.92 Å². The molecule has 2 rings (SSSR count). The Hall–Kier alpha value is -2.26. The summed E-state index contributed by atoms with van der Waals surface area (Å²) < 4.78 is 17.4. The molecule has 2 N–H and O–H groups in total. The van der Waals surface area contributed by atoms with E-state index in [-0.39, 0.29) is 24.5 Å². The van der Waals surface area contributed by atoms with Gasteiger partial charge in [0.25, 0.3) is 0 Å². The van der Waals surface area contributed by atoms with E-state index < -0.39 is 5.97 Å². The largest absolute Gasteiger partial charge is 0.482 e. The molecule has 0 spiro atoms. The van der Waals surface area contributed by atoms with Crippen molar-refractivity contribution in [2.45, 2.75) is 40.2 Å². The zero-order chi connectivity index (χ0) is 23.8. The summed E-state index contributed by atoms with van der Waals surface area (Å²) in [7, 11) is 1.30. The van der Waals surface area contributed by atoms with Crippen LogP contribution < -0.4 is 20.1 Å². The Morgan fingerprint density at radius 2 is 1.62 bits per heavy atom. The number of nitrogens with one attached hydrogen (secondary N) is 2. The number of carbonyl (C=O) groups is 2. The fourth-order valence-electron chi connectivity index (χ4n) is 2.73. The van der Waals surface area contributed by atoms with Gasteiger partial charge in [0.1, 0.15) is 11.5 Å². The summed E-state index contributed by atoms with van der Waals surface area (Å²) in [6.45, 7) is 7.86. The van der Waals surface area contributed by atoms with Crippen molar-refractivity contribution in [3.8, 4) is 17.2 Å². The van der Waals surface area contributed by atoms with Crippen LogP contribution in [0.1, 0.15) is 34.1 Å². The molecule has 0 bridgehead atoms. The lowest BCUT2D eigenvalue weighted by Crippen LogP contribution is -2.17. The lowest BCUT2D eigenvalue weighted by atomic mass is 10.1. The SMILES string of the molecule is COC(=O)COc1cc(Br)c(Oc2ccc(NC(=O)CC(C)C)c(NC(C)C)c2)c(Br)c1. The molecule has 2 aromatic rings. The van der Waals surface area contributed by atoms with Gasteiger partial charge in [-0.3, -0.25) is 4.79 Å². The first kappa shape index (κ1) is 26.0. The van der Waals surface area contributed by atoms with Gasteiger partial charge in [0.2, 0.25) is 5.91 Å². The Morgan fingerprint density at radius 3 is 2.19 bits per heavy atom. The average molecular weight is 572 g/mol. The van der Waals surface area contributed by atoms with E-state index in [1.165, 1.54) is 7.11 Å². The number of rotatable bonds is 10. The number of amides is 1. The summed E-state index contributed by atoms with van der Waals surface area (Å²) >= 11 is 6.97. The van der Waals surface area contributed by atoms with Crippen LogP contribution in [0.3, 0.4) is 0 Å². The van der Waals surface area contributed by atoms with Crippen molar-refractivity contribution in [2.24, 2.45) is 5.92 Å². The monoisotopic (exact) mass is 570 g/mol. The number of carbonyl (C=O) groups excluding carboxylic acids is 2. The van der Waals surface area contributed by atoms with E-state index in [1.807, 2.05) is 39.8 Å². The molecular weight excluding hydrogens is 544 g/mol. The molecule has 0 aliphatic carbocycles. The summed E-state index contributed by atoms with van der Waals surface area (Å²) in [6, 6.07) is 9.01. The lowest BCUT2D eigenvalue weighted by molar-refractivity contribution is -0.142. The predicted molar refractivity (Wildman–Crippen MR) is 133 cm³/mol. The van der Waals surface area contributed by atoms with Crippen molar-refractivity contribution in [3.05, 3.63) is 39.3 Å². The molecule has 9 heteroatoms. The van der Waals surface area contributed by atoms with Gasteiger partial charge in [0.05, 0.1) is 27.4 Å². The number of benzene rings is 2. The number of hydrogen-bond donors (Lipinski definition) is 2. The highest BCUT2D eigenvalue weighted by Crippen LogP contribution is 2.41. The molecule has 0 saturated carbocycles. The number of hydrogen-bond acceptors (Lipinski definition) is 6. The third-order valence-electron chi connectivity index (χ3n) is 4.08. The summed E-state index contributed by atoms with van der Waals surface area (Å²) in [4.78, 5) is 23.5. The number of anilines is 2. The predicted octanol–water partition coefficient (Wildman–Crippen LogP) is 6.36. The van der Waals surface area contributed by atoms with Crippen molar-refractivity contribution in [1.29, 1.82) is 0 Å². The number of ether oxygens (including phenoxy) is 3. The van der Waals surface area contributed by atoms with Gasteiger partial charge in [0, 0.05) is 18.5 Å². The molecule has 0 radical (unpaired) electrons. The minimum Gasteiger partial charge on any atom is -0.482 e. The Morgan fingerprint density at radius 1 is 0.969 bits per heavy atom. The molecule has 0 saturated heterocycles. The van der Waals surface area contributed by atoms with Crippen molar-refractivity contribution in [1.82, 2.24) is 0 Å². The van der Waals surface area contributed by atoms with Gasteiger partial charge >= 0.3 is 5.97 Å². The van der Waals surface area contributed by atoms with E-state index >= 15 is 0 Å². The third kappa shape index (κ3) is 8.02. The first-order valence-corrected chi connectivity index (χ1v) is 11.7. The molecule has 0 aromatic heterocycles. The number of halogens is 2. The van der Waals surface area contributed by atoms with Crippen molar-refractivity contribution in [3.63, 3.8) is 0 Å². The number of methoxy groups -OCH3 is 1. The van der Waals surface area contributed by atoms with Gasteiger partial charge < -0.3 is 24.8 Å². The Bertz CT molecular complexity index is 940. The Balaban J connectivity index is 2.24. The number of esters is 1. The van der Waals surface area contributed by atoms with Crippen molar-refractivity contribution >= 4 is 55.1 Å². The maximum absolute atomic E-state index is 12.2. The van der Waals surface area contributed by atoms with E-state index in [9.17, 15) is 9.59 Å². The van der Waals surface area contributed by atoms with Crippen LogP contribution in [0.15, 0.2) is 39.3 Å².